The summed E-state index contributed by atoms with van der Waals surface area (Å²) in [6.45, 7) is 1.69. The van der Waals surface area contributed by atoms with E-state index in [-0.39, 0.29) is 11.7 Å². The number of anilines is 1. The molecule has 0 aliphatic carbocycles. The van der Waals surface area contributed by atoms with Crippen molar-refractivity contribution in [2.75, 3.05) is 5.32 Å². The van der Waals surface area contributed by atoms with Gasteiger partial charge in [-0.3, -0.25) is 9.59 Å². The largest absolute Gasteiger partial charge is 0.479 e. The number of rotatable bonds is 2. The summed E-state index contributed by atoms with van der Waals surface area (Å²) in [6.07, 6.45) is -0.512. The molecule has 0 spiro atoms. The van der Waals surface area contributed by atoms with E-state index in [2.05, 4.69) is 27.9 Å². The Morgan fingerprint density at radius 2 is 2.15 bits per heavy atom. The van der Waals surface area contributed by atoms with Crippen molar-refractivity contribution in [3.8, 4) is 5.75 Å². The molecule has 3 rings (SSSR count). The molecule has 4 nitrogen and oxygen atoms in total. The monoisotopic (exact) mass is 399 g/mol. The highest BCUT2D eigenvalue weighted by molar-refractivity contribution is 14.1. The third-order valence-corrected chi connectivity index (χ3v) is 4.79. The van der Waals surface area contributed by atoms with Crippen LogP contribution in [0.1, 0.15) is 22.8 Å². The number of thiophene rings is 1. The summed E-state index contributed by atoms with van der Waals surface area (Å²) < 4.78 is 6.53. The van der Waals surface area contributed by atoms with E-state index in [0.29, 0.717) is 22.6 Å². The maximum absolute atomic E-state index is 12.3. The molecule has 0 saturated carbocycles. The van der Waals surface area contributed by atoms with E-state index in [1.165, 1.54) is 11.3 Å². The molecule has 1 aliphatic rings. The Bertz CT molecular complexity index is 710. The van der Waals surface area contributed by atoms with Crippen LogP contribution in [-0.4, -0.2) is 17.8 Å². The number of carbonyl (C=O) groups is 2. The van der Waals surface area contributed by atoms with Gasteiger partial charge in [0.2, 0.25) is 0 Å². The van der Waals surface area contributed by atoms with Crippen molar-refractivity contribution in [2.45, 2.75) is 13.0 Å². The zero-order valence-electron chi connectivity index (χ0n) is 10.5. The van der Waals surface area contributed by atoms with Crippen LogP contribution >= 0.6 is 33.9 Å². The van der Waals surface area contributed by atoms with Gasteiger partial charge in [-0.2, -0.15) is 0 Å². The summed E-state index contributed by atoms with van der Waals surface area (Å²) in [6, 6.07) is 6.95. The molecular weight excluding hydrogens is 389 g/mol. The molecule has 1 amide bonds. The number of benzene rings is 1. The summed E-state index contributed by atoms with van der Waals surface area (Å²) in [5.41, 5.74) is 1.75. The second kappa shape index (κ2) is 5.17. The first-order chi connectivity index (χ1) is 9.54. The van der Waals surface area contributed by atoms with Crippen LogP contribution in [0.15, 0.2) is 29.6 Å². The van der Waals surface area contributed by atoms with Crippen molar-refractivity contribution in [1.29, 1.82) is 0 Å². The highest BCUT2D eigenvalue weighted by atomic mass is 127. The quantitative estimate of drug-likeness (QED) is 0.623. The van der Waals surface area contributed by atoms with Gasteiger partial charge in [0.1, 0.15) is 5.75 Å². The summed E-state index contributed by atoms with van der Waals surface area (Å²) >= 11 is 3.71. The Balaban J connectivity index is 1.95. The van der Waals surface area contributed by atoms with E-state index in [9.17, 15) is 9.59 Å². The molecule has 1 aliphatic heterocycles. The zero-order valence-corrected chi connectivity index (χ0v) is 13.4. The Morgan fingerprint density at radius 3 is 2.85 bits per heavy atom. The molecule has 102 valence electrons. The van der Waals surface area contributed by atoms with Gasteiger partial charge in [-0.15, -0.1) is 11.3 Å². The van der Waals surface area contributed by atoms with Gasteiger partial charge in [-0.1, -0.05) is 0 Å². The number of halogens is 1. The summed E-state index contributed by atoms with van der Waals surface area (Å²) in [4.78, 5) is 23.9. The van der Waals surface area contributed by atoms with Crippen LogP contribution in [0.25, 0.3) is 0 Å². The highest BCUT2D eigenvalue weighted by Gasteiger charge is 2.24. The fraction of sp³-hybridized carbons (Fsp3) is 0.143. The Kier molecular flexibility index (Phi) is 3.51. The van der Waals surface area contributed by atoms with E-state index in [0.717, 1.165) is 2.88 Å². The molecule has 1 atom stereocenters. The standard InChI is InChI=1S/C14H10INO3S/c1-7-14(18)16-10-4-8(2-3-11(10)19-7)13(17)9-5-12(15)20-6-9/h2-7H,1H3,(H,16,18). The molecule has 0 radical (unpaired) electrons. The number of ketones is 1. The second-order valence-electron chi connectivity index (χ2n) is 4.43. The molecule has 1 unspecified atom stereocenters. The number of hydrogen-bond acceptors (Lipinski definition) is 4. The predicted octanol–water partition coefficient (Wildman–Crippen LogP) is 3.30. The topological polar surface area (TPSA) is 55.4 Å². The molecule has 6 heteroatoms. The van der Waals surface area contributed by atoms with Crippen LogP contribution in [0.2, 0.25) is 0 Å². The molecule has 1 aromatic carbocycles. The van der Waals surface area contributed by atoms with Crippen molar-refractivity contribution < 1.29 is 14.3 Å². The highest BCUT2D eigenvalue weighted by Crippen LogP contribution is 2.31. The number of fused-ring (bicyclic) bond motifs is 1. The molecule has 0 saturated heterocycles. The first kappa shape index (κ1) is 13.6. The third kappa shape index (κ3) is 2.45. The number of carbonyl (C=O) groups excluding carboxylic acids is 2. The Labute approximate surface area is 133 Å². The number of amides is 1. The first-order valence-corrected chi connectivity index (χ1v) is 7.91. The van der Waals surface area contributed by atoms with Crippen LogP contribution in [0.3, 0.4) is 0 Å². The Morgan fingerprint density at radius 1 is 1.35 bits per heavy atom. The smallest absolute Gasteiger partial charge is 0.265 e. The average molecular weight is 399 g/mol. The van der Waals surface area contributed by atoms with Crippen LogP contribution in [-0.2, 0) is 4.79 Å². The second-order valence-corrected chi connectivity index (χ2v) is 7.23. The molecule has 20 heavy (non-hydrogen) atoms. The zero-order chi connectivity index (χ0) is 14.3. The maximum Gasteiger partial charge on any atom is 0.265 e. The fourth-order valence-corrected chi connectivity index (χ4v) is 3.27. The van der Waals surface area contributed by atoms with Gasteiger partial charge in [-0.05, 0) is 53.8 Å². The van der Waals surface area contributed by atoms with E-state index in [1.54, 1.807) is 25.1 Å². The molecular formula is C14H10INO3S. The summed E-state index contributed by atoms with van der Waals surface area (Å²) in [5, 5.41) is 4.58. The van der Waals surface area contributed by atoms with Gasteiger partial charge < -0.3 is 10.1 Å². The number of nitrogens with one attached hydrogen (secondary N) is 1. The summed E-state index contributed by atoms with van der Waals surface area (Å²) in [5.74, 6) is 0.334. The fourth-order valence-electron chi connectivity index (χ4n) is 1.95. The predicted molar refractivity (Wildman–Crippen MR) is 85.6 cm³/mol. The minimum absolute atomic E-state index is 0.0557. The molecule has 2 aromatic rings. The maximum atomic E-state index is 12.3. The average Bonchev–Trinajstić information content (AvgIpc) is 2.85. The van der Waals surface area contributed by atoms with Crippen LogP contribution in [0.4, 0.5) is 5.69 Å². The van der Waals surface area contributed by atoms with Crippen LogP contribution in [0.5, 0.6) is 5.75 Å². The lowest BCUT2D eigenvalue weighted by Gasteiger charge is -2.23. The van der Waals surface area contributed by atoms with Gasteiger partial charge in [0, 0.05) is 16.5 Å². The van der Waals surface area contributed by atoms with Gasteiger partial charge in [-0.25, -0.2) is 0 Å². The van der Waals surface area contributed by atoms with Crippen LogP contribution < -0.4 is 10.1 Å². The van der Waals surface area contributed by atoms with E-state index in [4.69, 9.17) is 4.74 Å². The number of hydrogen-bond donors (Lipinski definition) is 1. The van der Waals surface area contributed by atoms with Crippen molar-refractivity contribution in [3.63, 3.8) is 0 Å². The lowest BCUT2D eigenvalue weighted by molar-refractivity contribution is -0.122. The van der Waals surface area contributed by atoms with Crippen molar-refractivity contribution in [2.24, 2.45) is 0 Å². The van der Waals surface area contributed by atoms with E-state index < -0.39 is 6.10 Å². The third-order valence-electron chi connectivity index (χ3n) is 3.00. The molecule has 0 fully saturated rings. The van der Waals surface area contributed by atoms with Crippen molar-refractivity contribution in [1.82, 2.24) is 0 Å². The van der Waals surface area contributed by atoms with E-state index >= 15 is 0 Å². The van der Waals surface area contributed by atoms with Gasteiger partial charge in [0.05, 0.1) is 8.57 Å². The molecule has 2 heterocycles. The first-order valence-electron chi connectivity index (χ1n) is 5.95. The van der Waals surface area contributed by atoms with E-state index in [1.807, 2.05) is 11.4 Å². The van der Waals surface area contributed by atoms with Crippen LogP contribution in [0, 0.1) is 2.88 Å². The van der Waals surface area contributed by atoms with Crippen molar-refractivity contribution in [3.05, 3.63) is 43.7 Å². The minimum Gasteiger partial charge on any atom is -0.479 e. The minimum atomic E-state index is -0.512. The van der Waals surface area contributed by atoms with Gasteiger partial charge >= 0.3 is 0 Å². The molecule has 1 aromatic heterocycles. The molecule has 1 N–H and O–H groups in total. The molecule has 0 bridgehead atoms. The lowest BCUT2D eigenvalue weighted by Crippen LogP contribution is -2.34. The van der Waals surface area contributed by atoms with Gasteiger partial charge in [0.25, 0.3) is 5.91 Å². The number of ether oxygens (including phenoxy) is 1. The SMILES string of the molecule is CC1Oc2ccc(C(=O)c3csc(I)c3)cc2NC1=O. The Hall–Kier alpha value is -1.41. The van der Waals surface area contributed by atoms with Crippen molar-refractivity contribution >= 4 is 51.3 Å². The normalized spacial score (nSPS) is 17.1. The lowest BCUT2D eigenvalue weighted by atomic mass is 10.0. The van der Waals surface area contributed by atoms with Gasteiger partial charge in [0.15, 0.2) is 11.9 Å². The summed E-state index contributed by atoms with van der Waals surface area (Å²) in [7, 11) is 0.